The van der Waals surface area contributed by atoms with Crippen molar-refractivity contribution in [1.82, 2.24) is 5.32 Å². The van der Waals surface area contributed by atoms with E-state index in [9.17, 15) is 9.90 Å². The Hall–Kier alpha value is -1.07. The second-order valence-electron chi connectivity index (χ2n) is 4.74. The molecule has 0 saturated carbocycles. The molecule has 0 amide bonds. The van der Waals surface area contributed by atoms with Crippen LogP contribution in [0.5, 0.6) is 0 Å². The fourth-order valence-electron chi connectivity index (χ4n) is 2.38. The lowest BCUT2D eigenvalue weighted by atomic mass is 9.79. The van der Waals surface area contributed by atoms with Gasteiger partial charge in [-0.1, -0.05) is 19.1 Å². The molecule has 1 heterocycles. The van der Waals surface area contributed by atoms with Gasteiger partial charge in [0, 0.05) is 22.6 Å². The molecule has 1 aliphatic heterocycles. The summed E-state index contributed by atoms with van der Waals surface area (Å²) >= 11 is 3.45. The first-order valence-electron chi connectivity index (χ1n) is 6.03. The third-order valence-corrected chi connectivity index (χ3v) is 4.29. The van der Waals surface area contributed by atoms with E-state index in [1.165, 1.54) is 0 Å². The molecule has 4 nitrogen and oxygen atoms in total. The second-order valence-corrected chi connectivity index (χ2v) is 5.59. The average Bonchev–Trinajstić information content (AvgIpc) is 2.34. The van der Waals surface area contributed by atoms with E-state index in [4.69, 9.17) is 0 Å². The minimum absolute atomic E-state index is 0.0239. The summed E-state index contributed by atoms with van der Waals surface area (Å²) in [5.74, 6) is -0.761. The Kier molecular flexibility index (Phi) is 3.92. The van der Waals surface area contributed by atoms with Crippen LogP contribution in [0.3, 0.4) is 0 Å². The van der Waals surface area contributed by atoms with E-state index in [0.717, 1.165) is 10.2 Å². The number of nitrogens with one attached hydrogen (secondary N) is 2. The molecule has 98 valence electrons. The van der Waals surface area contributed by atoms with E-state index >= 15 is 0 Å². The fourth-order valence-corrected chi connectivity index (χ4v) is 2.77. The Bertz CT molecular complexity index is 452. The minimum atomic E-state index is -0.894. The number of carbonyl (C=O) groups is 1. The van der Waals surface area contributed by atoms with Crippen molar-refractivity contribution in [3.8, 4) is 0 Å². The molecule has 1 aliphatic rings. The van der Waals surface area contributed by atoms with E-state index in [0.29, 0.717) is 19.5 Å². The maximum Gasteiger partial charge on any atom is 0.329 e. The topological polar surface area (TPSA) is 61.4 Å². The quantitative estimate of drug-likeness (QED) is 0.801. The highest BCUT2D eigenvalue weighted by Gasteiger charge is 2.45. The van der Waals surface area contributed by atoms with Gasteiger partial charge in [-0.05, 0) is 41.0 Å². The van der Waals surface area contributed by atoms with Crippen LogP contribution in [-0.2, 0) is 4.79 Å². The summed E-state index contributed by atoms with van der Waals surface area (Å²) < 4.78 is 0.886. The Labute approximate surface area is 115 Å². The van der Waals surface area contributed by atoms with Crippen molar-refractivity contribution in [3.05, 3.63) is 28.7 Å². The molecule has 0 aromatic heterocycles. The molecular formula is C13H17BrN2O2. The Morgan fingerprint density at radius 3 is 2.89 bits per heavy atom. The van der Waals surface area contributed by atoms with Crippen LogP contribution in [0.15, 0.2) is 28.7 Å². The van der Waals surface area contributed by atoms with Crippen molar-refractivity contribution in [2.75, 3.05) is 18.4 Å². The maximum atomic E-state index is 11.7. The summed E-state index contributed by atoms with van der Waals surface area (Å²) in [5, 5.41) is 16.1. The summed E-state index contributed by atoms with van der Waals surface area (Å²) in [6.07, 6.45) is 0.574. The van der Waals surface area contributed by atoms with E-state index in [2.05, 4.69) is 26.6 Å². The normalized spacial score (nSPS) is 27.8. The first-order valence-corrected chi connectivity index (χ1v) is 6.82. The minimum Gasteiger partial charge on any atom is -0.479 e. The predicted octanol–water partition coefficient (Wildman–Crippen LogP) is 2.31. The number of aliphatic carboxylic acids is 1. The van der Waals surface area contributed by atoms with Crippen molar-refractivity contribution in [1.29, 1.82) is 0 Å². The maximum absolute atomic E-state index is 11.7. The van der Waals surface area contributed by atoms with Crippen molar-refractivity contribution in [3.63, 3.8) is 0 Å². The summed E-state index contributed by atoms with van der Waals surface area (Å²) in [4.78, 5) is 11.7. The van der Waals surface area contributed by atoms with Gasteiger partial charge in [0.25, 0.3) is 0 Å². The smallest absolute Gasteiger partial charge is 0.329 e. The zero-order valence-electron chi connectivity index (χ0n) is 10.2. The van der Waals surface area contributed by atoms with Crippen LogP contribution >= 0.6 is 15.9 Å². The molecule has 0 radical (unpaired) electrons. The van der Waals surface area contributed by atoms with Gasteiger partial charge in [-0.3, -0.25) is 0 Å². The van der Waals surface area contributed by atoms with Gasteiger partial charge >= 0.3 is 5.97 Å². The zero-order chi connectivity index (χ0) is 13.2. The molecule has 2 unspecified atom stereocenters. The second kappa shape index (κ2) is 5.28. The van der Waals surface area contributed by atoms with Gasteiger partial charge < -0.3 is 15.7 Å². The van der Waals surface area contributed by atoms with Gasteiger partial charge in [0.15, 0.2) is 0 Å². The number of piperidine rings is 1. The molecule has 2 rings (SSSR count). The largest absolute Gasteiger partial charge is 0.479 e. The number of carboxylic acids is 1. The molecular weight excluding hydrogens is 296 g/mol. The monoisotopic (exact) mass is 312 g/mol. The third-order valence-electron chi connectivity index (χ3n) is 3.60. The number of hydrogen-bond acceptors (Lipinski definition) is 3. The number of benzene rings is 1. The standard InChI is InChI=1S/C13H17BrN2O2/c1-9-8-15-7-6-13(9,12(17)18)16-11-5-3-2-4-10(11)14/h2-5,9,15-16H,6-8H2,1H3,(H,17,18). The van der Waals surface area contributed by atoms with E-state index in [-0.39, 0.29) is 5.92 Å². The molecule has 1 aromatic carbocycles. The molecule has 18 heavy (non-hydrogen) atoms. The van der Waals surface area contributed by atoms with Crippen LogP contribution in [0.1, 0.15) is 13.3 Å². The predicted molar refractivity (Wildman–Crippen MR) is 74.8 cm³/mol. The SMILES string of the molecule is CC1CNCCC1(Nc1ccccc1Br)C(=O)O. The number of carboxylic acid groups (broad SMARTS) is 1. The van der Waals surface area contributed by atoms with Crippen molar-refractivity contribution < 1.29 is 9.90 Å². The van der Waals surface area contributed by atoms with Crippen molar-refractivity contribution >= 4 is 27.6 Å². The van der Waals surface area contributed by atoms with Gasteiger partial charge in [-0.2, -0.15) is 0 Å². The average molecular weight is 313 g/mol. The van der Waals surface area contributed by atoms with Gasteiger partial charge in [-0.25, -0.2) is 4.79 Å². The molecule has 1 aromatic rings. The Morgan fingerprint density at radius 1 is 1.56 bits per heavy atom. The first kappa shape index (κ1) is 13.4. The number of para-hydroxylation sites is 1. The summed E-state index contributed by atoms with van der Waals surface area (Å²) in [6, 6.07) is 7.61. The molecule has 1 fully saturated rings. The summed E-state index contributed by atoms with van der Waals surface area (Å²) in [5.41, 5.74) is -0.0663. The molecule has 5 heteroatoms. The summed E-state index contributed by atoms with van der Waals surface area (Å²) in [7, 11) is 0. The van der Waals surface area contributed by atoms with Crippen LogP contribution in [-0.4, -0.2) is 29.7 Å². The van der Waals surface area contributed by atoms with Crippen LogP contribution in [0, 0.1) is 5.92 Å². The lowest BCUT2D eigenvalue weighted by Crippen LogP contribution is -2.59. The van der Waals surface area contributed by atoms with Gasteiger partial charge in [0.2, 0.25) is 0 Å². The highest BCUT2D eigenvalue weighted by molar-refractivity contribution is 9.10. The molecule has 1 saturated heterocycles. The van der Waals surface area contributed by atoms with E-state index < -0.39 is 11.5 Å². The van der Waals surface area contributed by atoms with Gasteiger partial charge in [-0.15, -0.1) is 0 Å². The molecule has 3 N–H and O–H groups in total. The fraction of sp³-hybridized carbons (Fsp3) is 0.462. The number of anilines is 1. The molecule has 0 bridgehead atoms. The van der Waals surface area contributed by atoms with Crippen LogP contribution in [0.25, 0.3) is 0 Å². The van der Waals surface area contributed by atoms with Crippen molar-refractivity contribution in [2.24, 2.45) is 5.92 Å². The Morgan fingerprint density at radius 2 is 2.28 bits per heavy atom. The van der Waals surface area contributed by atoms with E-state index in [1.54, 1.807) is 0 Å². The summed E-state index contributed by atoms with van der Waals surface area (Å²) in [6.45, 7) is 3.39. The molecule has 0 aliphatic carbocycles. The third kappa shape index (κ3) is 2.37. The highest BCUT2D eigenvalue weighted by Crippen LogP contribution is 2.32. The number of rotatable bonds is 3. The van der Waals surface area contributed by atoms with Crippen molar-refractivity contribution in [2.45, 2.75) is 18.9 Å². The number of halogens is 1. The first-order chi connectivity index (χ1) is 8.56. The van der Waals surface area contributed by atoms with E-state index in [1.807, 2.05) is 31.2 Å². The van der Waals surface area contributed by atoms with Crippen LogP contribution in [0.4, 0.5) is 5.69 Å². The lowest BCUT2D eigenvalue weighted by Gasteiger charge is -2.40. The molecule has 2 atom stereocenters. The Balaban J connectivity index is 2.32. The zero-order valence-corrected chi connectivity index (χ0v) is 11.8. The molecule has 0 spiro atoms. The number of hydrogen-bond donors (Lipinski definition) is 3. The lowest BCUT2D eigenvalue weighted by molar-refractivity contribution is -0.145. The van der Waals surface area contributed by atoms with Gasteiger partial charge in [0.1, 0.15) is 5.54 Å². The van der Waals surface area contributed by atoms with Crippen LogP contribution in [0.2, 0.25) is 0 Å². The highest BCUT2D eigenvalue weighted by atomic mass is 79.9. The van der Waals surface area contributed by atoms with Gasteiger partial charge in [0.05, 0.1) is 0 Å². The van der Waals surface area contributed by atoms with Crippen LogP contribution < -0.4 is 10.6 Å².